The van der Waals surface area contributed by atoms with Crippen LogP contribution in [0.2, 0.25) is 0 Å². The van der Waals surface area contributed by atoms with E-state index in [-0.39, 0.29) is 29.6 Å². The number of hydrogen-bond donors (Lipinski definition) is 0. The van der Waals surface area contributed by atoms with E-state index < -0.39 is 0 Å². The molecule has 0 saturated heterocycles. The minimum Gasteiger partial charge on any atom is -0.0622 e. The van der Waals surface area contributed by atoms with Crippen molar-refractivity contribution in [3.8, 4) is 0 Å². The van der Waals surface area contributed by atoms with E-state index in [1.807, 2.05) is 0 Å². The smallest absolute Gasteiger partial charge is 0 e. The minimum atomic E-state index is 0. The Morgan fingerprint density at radius 2 is 1.46 bits per heavy atom. The summed E-state index contributed by atoms with van der Waals surface area (Å²) in [5.74, 6) is 0.861. The molecular weight excluding hydrogens is 167 g/mol. The van der Waals surface area contributed by atoms with Crippen LogP contribution in [0.3, 0.4) is 0 Å². The van der Waals surface area contributed by atoms with Gasteiger partial charge in [0.2, 0.25) is 0 Å². The molecule has 0 N–H and O–H groups in total. The number of benzene rings is 1. The Bertz CT molecular complexity index is 224. The van der Waals surface area contributed by atoms with E-state index in [9.17, 15) is 0 Å². The molecule has 0 amide bonds. The quantitative estimate of drug-likeness (QED) is 0.586. The van der Waals surface area contributed by atoms with Gasteiger partial charge in [-0.3, -0.25) is 0 Å². The first kappa shape index (κ1) is 11.3. The van der Waals surface area contributed by atoms with Gasteiger partial charge in [0, 0.05) is 29.6 Å². The third-order valence-electron chi connectivity index (χ3n) is 2.88. The van der Waals surface area contributed by atoms with Gasteiger partial charge in [0.05, 0.1) is 0 Å². The summed E-state index contributed by atoms with van der Waals surface area (Å²) in [5, 5.41) is 0. The summed E-state index contributed by atoms with van der Waals surface area (Å²) in [6.45, 7) is 0. The van der Waals surface area contributed by atoms with Gasteiger partial charge in [0.25, 0.3) is 0 Å². The molecule has 0 unspecified atom stereocenters. The second-order valence-corrected chi connectivity index (χ2v) is 3.75. The molecule has 0 heterocycles. The van der Waals surface area contributed by atoms with Crippen LogP contribution in [-0.4, -0.2) is 29.6 Å². The van der Waals surface area contributed by atoms with Crippen LogP contribution >= 0.6 is 0 Å². The summed E-state index contributed by atoms with van der Waals surface area (Å²) in [6, 6.07) is 11.0. The van der Waals surface area contributed by atoms with Crippen LogP contribution in [0.15, 0.2) is 30.3 Å². The van der Waals surface area contributed by atoms with Gasteiger partial charge in [0.1, 0.15) is 0 Å². The van der Waals surface area contributed by atoms with Crippen LogP contribution in [0.25, 0.3) is 0 Å². The Balaban J connectivity index is 0.000000845. The second-order valence-electron chi connectivity index (χ2n) is 3.75. The van der Waals surface area contributed by atoms with E-state index in [1.54, 1.807) is 5.56 Å². The van der Waals surface area contributed by atoms with Crippen molar-refractivity contribution in [1.82, 2.24) is 0 Å². The SMILES string of the molecule is [Na].c1ccc(C2CCCCC2)cc1. The Morgan fingerprint density at radius 3 is 2.08 bits per heavy atom. The maximum absolute atomic E-state index is 2.27. The third kappa shape index (κ3) is 3.12. The van der Waals surface area contributed by atoms with Gasteiger partial charge in [-0.25, -0.2) is 0 Å². The van der Waals surface area contributed by atoms with E-state index >= 15 is 0 Å². The first-order chi connectivity index (χ1) is 5.97. The zero-order valence-corrected chi connectivity index (χ0v) is 10.5. The standard InChI is InChI=1S/C12H16.Na/c1-3-7-11(8-4-1)12-9-5-2-6-10-12;/h1,3-4,7-8,12H,2,5-6,9-10H2;. The molecule has 2 rings (SSSR count). The van der Waals surface area contributed by atoms with Gasteiger partial charge in [-0.05, 0) is 24.3 Å². The van der Waals surface area contributed by atoms with Crippen molar-refractivity contribution in [2.75, 3.05) is 0 Å². The molecule has 0 aromatic heterocycles. The van der Waals surface area contributed by atoms with Crippen LogP contribution in [0.4, 0.5) is 0 Å². The van der Waals surface area contributed by atoms with Crippen LogP contribution in [0.5, 0.6) is 0 Å². The molecule has 1 aliphatic carbocycles. The Hall–Kier alpha value is 0.220. The fraction of sp³-hybridized carbons (Fsp3) is 0.500. The number of rotatable bonds is 1. The van der Waals surface area contributed by atoms with Crippen LogP contribution in [-0.2, 0) is 0 Å². The summed E-state index contributed by atoms with van der Waals surface area (Å²) in [7, 11) is 0. The van der Waals surface area contributed by atoms with Crippen molar-refractivity contribution in [3.05, 3.63) is 35.9 Å². The molecule has 0 bridgehead atoms. The zero-order chi connectivity index (χ0) is 8.23. The molecule has 0 atom stereocenters. The summed E-state index contributed by atoms with van der Waals surface area (Å²) in [4.78, 5) is 0. The topological polar surface area (TPSA) is 0 Å². The molecule has 0 nitrogen and oxygen atoms in total. The molecule has 1 saturated carbocycles. The molecule has 1 fully saturated rings. The maximum Gasteiger partial charge on any atom is 0 e. The molecule has 65 valence electrons. The Labute approximate surface area is 103 Å². The van der Waals surface area contributed by atoms with Crippen LogP contribution < -0.4 is 0 Å². The first-order valence-corrected chi connectivity index (χ1v) is 5.02. The molecule has 1 aromatic rings. The molecule has 1 aliphatic rings. The van der Waals surface area contributed by atoms with Gasteiger partial charge in [-0.1, -0.05) is 49.6 Å². The second kappa shape index (κ2) is 5.85. The predicted molar refractivity (Wildman–Crippen MR) is 58.0 cm³/mol. The van der Waals surface area contributed by atoms with E-state index in [1.165, 1.54) is 32.1 Å². The largest absolute Gasteiger partial charge is 0.0622 e. The minimum absolute atomic E-state index is 0. The first-order valence-electron chi connectivity index (χ1n) is 5.02. The van der Waals surface area contributed by atoms with E-state index in [2.05, 4.69) is 30.3 Å². The summed E-state index contributed by atoms with van der Waals surface area (Å²) >= 11 is 0. The average Bonchev–Trinajstić information content (AvgIpc) is 2.21. The molecule has 1 aromatic carbocycles. The summed E-state index contributed by atoms with van der Waals surface area (Å²) < 4.78 is 0. The van der Waals surface area contributed by atoms with Gasteiger partial charge >= 0.3 is 0 Å². The third-order valence-corrected chi connectivity index (χ3v) is 2.88. The number of hydrogen-bond acceptors (Lipinski definition) is 0. The van der Waals surface area contributed by atoms with E-state index in [0.29, 0.717) is 0 Å². The van der Waals surface area contributed by atoms with E-state index in [0.717, 1.165) is 5.92 Å². The van der Waals surface area contributed by atoms with Gasteiger partial charge in [-0.2, -0.15) is 0 Å². The van der Waals surface area contributed by atoms with Crippen molar-refractivity contribution in [3.63, 3.8) is 0 Å². The van der Waals surface area contributed by atoms with Gasteiger partial charge in [0.15, 0.2) is 0 Å². The monoisotopic (exact) mass is 183 g/mol. The van der Waals surface area contributed by atoms with E-state index in [4.69, 9.17) is 0 Å². The Morgan fingerprint density at radius 1 is 0.846 bits per heavy atom. The van der Waals surface area contributed by atoms with Crippen molar-refractivity contribution in [1.29, 1.82) is 0 Å². The molecule has 0 spiro atoms. The molecular formula is C12H16Na. The molecule has 13 heavy (non-hydrogen) atoms. The van der Waals surface area contributed by atoms with Crippen LogP contribution in [0, 0.1) is 0 Å². The Kier molecular flexibility index (Phi) is 5.08. The normalized spacial score (nSPS) is 17.8. The van der Waals surface area contributed by atoms with Crippen molar-refractivity contribution in [2.45, 2.75) is 38.0 Å². The fourth-order valence-electron chi connectivity index (χ4n) is 2.16. The molecule has 1 radical (unpaired) electrons. The molecule has 1 heteroatoms. The van der Waals surface area contributed by atoms with Crippen molar-refractivity contribution in [2.24, 2.45) is 0 Å². The van der Waals surface area contributed by atoms with Crippen LogP contribution in [0.1, 0.15) is 43.6 Å². The van der Waals surface area contributed by atoms with Gasteiger partial charge in [-0.15, -0.1) is 0 Å². The summed E-state index contributed by atoms with van der Waals surface area (Å²) in [5.41, 5.74) is 1.55. The van der Waals surface area contributed by atoms with Crippen molar-refractivity contribution < 1.29 is 0 Å². The fourth-order valence-corrected chi connectivity index (χ4v) is 2.16. The zero-order valence-electron chi connectivity index (χ0n) is 8.50. The van der Waals surface area contributed by atoms with Gasteiger partial charge < -0.3 is 0 Å². The van der Waals surface area contributed by atoms with Crippen molar-refractivity contribution >= 4 is 29.6 Å². The maximum atomic E-state index is 2.27. The summed E-state index contributed by atoms with van der Waals surface area (Å²) in [6.07, 6.45) is 7.12. The predicted octanol–water partition coefficient (Wildman–Crippen LogP) is 3.35. The average molecular weight is 183 g/mol. The molecule has 0 aliphatic heterocycles.